The van der Waals surface area contributed by atoms with Crippen LogP contribution < -0.4 is 14.2 Å². The van der Waals surface area contributed by atoms with Gasteiger partial charge in [0.25, 0.3) is 0 Å². The first-order valence-electron chi connectivity index (χ1n) is 10.9. The minimum absolute atomic E-state index is 0.00638. The number of ether oxygens (including phenoxy) is 3. The van der Waals surface area contributed by atoms with E-state index in [2.05, 4.69) is 34.5 Å². The van der Waals surface area contributed by atoms with Crippen molar-refractivity contribution in [3.8, 4) is 17.2 Å². The molecule has 0 bridgehead atoms. The molecule has 1 aromatic heterocycles. The van der Waals surface area contributed by atoms with Gasteiger partial charge in [0, 0.05) is 25.0 Å². The Morgan fingerprint density at radius 3 is 2.42 bits per heavy atom. The zero-order chi connectivity index (χ0) is 23.4. The van der Waals surface area contributed by atoms with Crippen molar-refractivity contribution in [3.05, 3.63) is 75.5 Å². The zero-order valence-corrected chi connectivity index (χ0v) is 20.4. The maximum absolute atomic E-state index is 13.2. The first kappa shape index (κ1) is 23.1. The first-order chi connectivity index (χ1) is 16.0. The fraction of sp³-hybridized carbons (Fsp3) is 0.346. The highest BCUT2D eigenvalue weighted by Gasteiger charge is 2.32. The molecule has 2 heterocycles. The molecule has 6 nitrogen and oxygen atoms in total. The Bertz CT molecular complexity index is 1080. The Labute approximate surface area is 199 Å². The standard InChI is InChI=1S/C26H30N2O4S/c1-27(16-18-7-9-20(30-2)10-8-18)25(29)17-28-12-11-19-14-22(31-3)23(32-4)15-21(19)26(28)24-6-5-13-33-24/h5-10,13-15,26H,11-12,16-17H2,1-4H3. The highest BCUT2D eigenvalue weighted by molar-refractivity contribution is 7.10. The number of fused-ring (bicyclic) bond motifs is 1. The van der Waals surface area contributed by atoms with Crippen molar-refractivity contribution in [1.82, 2.24) is 9.80 Å². The van der Waals surface area contributed by atoms with Crippen LogP contribution in [0.3, 0.4) is 0 Å². The van der Waals surface area contributed by atoms with E-state index < -0.39 is 0 Å². The smallest absolute Gasteiger partial charge is 0.236 e. The molecule has 2 aromatic carbocycles. The second kappa shape index (κ2) is 10.3. The molecule has 0 radical (unpaired) electrons. The maximum Gasteiger partial charge on any atom is 0.236 e. The third-order valence-corrected chi connectivity index (χ3v) is 7.05. The summed E-state index contributed by atoms with van der Waals surface area (Å²) in [5.41, 5.74) is 3.48. The van der Waals surface area contributed by atoms with Gasteiger partial charge in [0.2, 0.25) is 5.91 Å². The number of thiophene rings is 1. The largest absolute Gasteiger partial charge is 0.497 e. The Hall–Kier alpha value is -3.03. The van der Waals surface area contributed by atoms with Gasteiger partial charge >= 0.3 is 0 Å². The van der Waals surface area contributed by atoms with Crippen molar-refractivity contribution >= 4 is 17.2 Å². The SMILES string of the molecule is COc1ccc(CN(C)C(=O)CN2CCc3cc(OC)c(OC)cc3C2c2cccs2)cc1. The monoisotopic (exact) mass is 466 g/mol. The number of benzene rings is 2. The number of hydrogen-bond donors (Lipinski definition) is 0. The predicted octanol–water partition coefficient (Wildman–Crippen LogP) is 4.38. The van der Waals surface area contributed by atoms with Crippen LogP contribution in [0.2, 0.25) is 0 Å². The lowest BCUT2D eigenvalue weighted by atomic mass is 9.91. The summed E-state index contributed by atoms with van der Waals surface area (Å²) < 4.78 is 16.3. The number of rotatable bonds is 8. The summed E-state index contributed by atoms with van der Waals surface area (Å²) in [6.07, 6.45) is 0.854. The van der Waals surface area contributed by atoms with Gasteiger partial charge in [-0.2, -0.15) is 0 Å². The Balaban J connectivity index is 1.56. The Morgan fingerprint density at radius 1 is 1.06 bits per heavy atom. The zero-order valence-electron chi connectivity index (χ0n) is 19.5. The molecule has 1 aliphatic heterocycles. The minimum atomic E-state index is 0.00638. The molecule has 33 heavy (non-hydrogen) atoms. The summed E-state index contributed by atoms with van der Waals surface area (Å²) in [4.78, 5) is 18.5. The van der Waals surface area contributed by atoms with Crippen LogP contribution in [0.25, 0.3) is 0 Å². The molecule has 0 spiro atoms. The van der Waals surface area contributed by atoms with Gasteiger partial charge in [-0.3, -0.25) is 9.69 Å². The summed E-state index contributed by atoms with van der Waals surface area (Å²) in [7, 11) is 6.83. The summed E-state index contributed by atoms with van der Waals surface area (Å²) in [6, 6.07) is 16.2. The molecule has 174 valence electrons. The molecule has 0 aliphatic carbocycles. The van der Waals surface area contributed by atoms with Crippen LogP contribution in [0.15, 0.2) is 53.9 Å². The molecule has 1 atom stereocenters. The van der Waals surface area contributed by atoms with Gasteiger partial charge in [0.05, 0.1) is 33.9 Å². The average Bonchev–Trinajstić information content (AvgIpc) is 3.37. The van der Waals surface area contributed by atoms with Crippen LogP contribution in [-0.2, 0) is 17.8 Å². The highest BCUT2D eigenvalue weighted by Crippen LogP contribution is 2.42. The van der Waals surface area contributed by atoms with Crippen molar-refractivity contribution in [2.45, 2.75) is 19.0 Å². The average molecular weight is 467 g/mol. The first-order valence-corrected chi connectivity index (χ1v) is 11.8. The summed E-state index contributed by atoms with van der Waals surface area (Å²) in [6.45, 7) is 1.71. The highest BCUT2D eigenvalue weighted by atomic mass is 32.1. The van der Waals surface area contributed by atoms with Crippen LogP contribution in [0.4, 0.5) is 0 Å². The number of amides is 1. The van der Waals surface area contributed by atoms with Gasteiger partial charge in [0.1, 0.15) is 5.75 Å². The van der Waals surface area contributed by atoms with E-state index in [1.54, 1.807) is 37.6 Å². The van der Waals surface area contributed by atoms with Crippen molar-refractivity contribution in [2.24, 2.45) is 0 Å². The fourth-order valence-electron chi connectivity index (χ4n) is 4.34. The molecular formula is C26H30N2O4S. The van der Waals surface area contributed by atoms with E-state index in [1.807, 2.05) is 31.3 Å². The van der Waals surface area contributed by atoms with E-state index in [0.29, 0.717) is 18.8 Å². The molecule has 0 fully saturated rings. The Morgan fingerprint density at radius 2 is 1.79 bits per heavy atom. The van der Waals surface area contributed by atoms with Crippen LogP contribution in [0.5, 0.6) is 17.2 Å². The molecule has 1 aliphatic rings. The Kier molecular flexibility index (Phi) is 7.20. The molecule has 0 N–H and O–H groups in total. The lowest BCUT2D eigenvalue weighted by Gasteiger charge is -2.37. The molecule has 0 saturated heterocycles. The molecule has 0 saturated carbocycles. The fourth-order valence-corrected chi connectivity index (χ4v) is 5.21. The van der Waals surface area contributed by atoms with E-state index in [-0.39, 0.29) is 11.9 Å². The van der Waals surface area contributed by atoms with Gasteiger partial charge < -0.3 is 19.1 Å². The van der Waals surface area contributed by atoms with Gasteiger partial charge in [-0.1, -0.05) is 18.2 Å². The summed E-state index contributed by atoms with van der Waals surface area (Å²) in [5.74, 6) is 2.36. The van der Waals surface area contributed by atoms with Gasteiger partial charge in [0.15, 0.2) is 11.5 Å². The number of carbonyl (C=O) groups excluding carboxylic acids is 1. The number of nitrogens with zero attached hydrogens (tertiary/aromatic N) is 2. The van der Waals surface area contributed by atoms with Crippen molar-refractivity contribution < 1.29 is 19.0 Å². The molecule has 1 amide bonds. The number of hydrogen-bond acceptors (Lipinski definition) is 6. The van der Waals surface area contributed by atoms with E-state index in [0.717, 1.165) is 30.0 Å². The molecule has 3 aromatic rings. The lowest BCUT2D eigenvalue weighted by molar-refractivity contribution is -0.132. The number of methoxy groups -OCH3 is 3. The van der Waals surface area contributed by atoms with Crippen molar-refractivity contribution in [2.75, 3.05) is 41.5 Å². The minimum Gasteiger partial charge on any atom is -0.497 e. The summed E-state index contributed by atoms with van der Waals surface area (Å²) in [5, 5.41) is 2.08. The van der Waals surface area contributed by atoms with E-state index >= 15 is 0 Å². The van der Waals surface area contributed by atoms with Crippen LogP contribution in [-0.4, -0.2) is 57.2 Å². The maximum atomic E-state index is 13.2. The second-order valence-electron chi connectivity index (χ2n) is 8.14. The number of likely N-dealkylation sites (N-methyl/N-ethyl adjacent to an activating group) is 1. The van der Waals surface area contributed by atoms with Crippen molar-refractivity contribution in [3.63, 3.8) is 0 Å². The second-order valence-corrected chi connectivity index (χ2v) is 9.12. The molecular weight excluding hydrogens is 436 g/mol. The molecule has 4 rings (SSSR count). The topological polar surface area (TPSA) is 51.2 Å². The van der Waals surface area contributed by atoms with E-state index in [4.69, 9.17) is 14.2 Å². The quantitative estimate of drug-likeness (QED) is 0.493. The van der Waals surface area contributed by atoms with E-state index in [1.165, 1.54) is 16.0 Å². The summed E-state index contributed by atoms with van der Waals surface area (Å²) >= 11 is 1.71. The molecule has 1 unspecified atom stereocenters. The van der Waals surface area contributed by atoms with Crippen LogP contribution in [0, 0.1) is 0 Å². The van der Waals surface area contributed by atoms with Crippen LogP contribution >= 0.6 is 11.3 Å². The van der Waals surface area contributed by atoms with E-state index in [9.17, 15) is 4.79 Å². The van der Waals surface area contributed by atoms with Crippen molar-refractivity contribution in [1.29, 1.82) is 0 Å². The third-order valence-electron chi connectivity index (χ3n) is 6.13. The van der Waals surface area contributed by atoms with Gasteiger partial charge in [-0.25, -0.2) is 0 Å². The van der Waals surface area contributed by atoms with Gasteiger partial charge in [-0.15, -0.1) is 11.3 Å². The normalized spacial score (nSPS) is 15.6. The molecule has 7 heteroatoms. The predicted molar refractivity (Wildman–Crippen MR) is 130 cm³/mol. The lowest BCUT2D eigenvalue weighted by Crippen LogP contribution is -2.43. The third kappa shape index (κ3) is 4.99. The number of carbonyl (C=O) groups is 1. The van der Waals surface area contributed by atoms with Gasteiger partial charge in [-0.05, 0) is 58.8 Å². The van der Waals surface area contributed by atoms with Crippen LogP contribution in [0.1, 0.15) is 27.6 Å².